The molecule has 0 bridgehead atoms. The topological polar surface area (TPSA) is 0 Å². The van der Waals surface area contributed by atoms with E-state index in [0.29, 0.717) is 0 Å². The third kappa shape index (κ3) is 1.93. The largest absolute Gasteiger partial charge is 0.141 e. The van der Waals surface area contributed by atoms with Gasteiger partial charge >= 0.3 is 0 Å². The minimum atomic E-state index is 1.15. The second kappa shape index (κ2) is 3.72. The predicted molar refractivity (Wildman–Crippen MR) is 53.0 cm³/mol. The molecule has 1 heteroatoms. The van der Waals surface area contributed by atoms with Crippen LogP contribution in [0.2, 0.25) is 0 Å². The first kappa shape index (κ1) is 8.54. The van der Waals surface area contributed by atoms with Gasteiger partial charge in [-0.1, -0.05) is 13.0 Å². The van der Waals surface area contributed by atoms with Crippen molar-refractivity contribution in [1.82, 2.24) is 0 Å². The van der Waals surface area contributed by atoms with Gasteiger partial charge in [0.25, 0.3) is 0 Å². The fourth-order valence-electron chi connectivity index (χ4n) is 0.922. The SMILES string of the molecule is C/C=C(\C)c1ccc(CC)s1. The second-order valence-corrected chi connectivity index (χ2v) is 3.76. The zero-order chi connectivity index (χ0) is 8.27. The Morgan fingerprint density at radius 3 is 2.73 bits per heavy atom. The monoisotopic (exact) mass is 166 g/mol. The molecule has 1 rings (SSSR count). The summed E-state index contributed by atoms with van der Waals surface area (Å²) in [6.45, 7) is 6.44. The van der Waals surface area contributed by atoms with Gasteiger partial charge in [0.2, 0.25) is 0 Å². The van der Waals surface area contributed by atoms with Gasteiger partial charge in [0.1, 0.15) is 0 Å². The van der Waals surface area contributed by atoms with Gasteiger partial charge in [0.05, 0.1) is 0 Å². The Labute approximate surface area is 72.6 Å². The minimum absolute atomic E-state index is 1.15. The third-order valence-electron chi connectivity index (χ3n) is 1.83. The Morgan fingerprint density at radius 2 is 2.27 bits per heavy atom. The molecule has 11 heavy (non-hydrogen) atoms. The molecule has 0 amide bonds. The van der Waals surface area contributed by atoms with Crippen LogP contribution in [0.15, 0.2) is 18.2 Å². The number of hydrogen-bond acceptors (Lipinski definition) is 1. The zero-order valence-corrected chi connectivity index (χ0v) is 8.16. The van der Waals surface area contributed by atoms with Crippen molar-refractivity contribution in [3.8, 4) is 0 Å². The molecule has 1 heterocycles. The number of hydrogen-bond donors (Lipinski definition) is 0. The molecule has 0 saturated heterocycles. The summed E-state index contributed by atoms with van der Waals surface area (Å²) in [6, 6.07) is 4.42. The van der Waals surface area contributed by atoms with Crippen molar-refractivity contribution in [3.05, 3.63) is 28.0 Å². The molecule has 0 nitrogen and oxygen atoms in total. The summed E-state index contributed by atoms with van der Waals surface area (Å²) >= 11 is 1.90. The van der Waals surface area contributed by atoms with Gasteiger partial charge in [-0.25, -0.2) is 0 Å². The van der Waals surface area contributed by atoms with Crippen molar-refractivity contribution in [2.45, 2.75) is 27.2 Å². The van der Waals surface area contributed by atoms with Crippen molar-refractivity contribution in [3.63, 3.8) is 0 Å². The lowest BCUT2D eigenvalue weighted by molar-refractivity contribution is 1.19. The normalized spacial score (nSPS) is 12.1. The van der Waals surface area contributed by atoms with E-state index in [2.05, 4.69) is 39.0 Å². The summed E-state index contributed by atoms with van der Waals surface area (Å²) in [5.41, 5.74) is 1.38. The quantitative estimate of drug-likeness (QED) is 0.628. The highest BCUT2D eigenvalue weighted by molar-refractivity contribution is 7.13. The van der Waals surface area contributed by atoms with Crippen LogP contribution in [0.3, 0.4) is 0 Å². The highest BCUT2D eigenvalue weighted by Crippen LogP contribution is 2.23. The summed E-state index contributed by atoms with van der Waals surface area (Å²) in [5.74, 6) is 0. The van der Waals surface area contributed by atoms with Crippen LogP contribution in [0, 0.1) is 0 Å². The van der Waals surface area contributed by atoms with Crippen molar-refractivity contribution in [1.29, 1.82) is 0 Å². The number of rotatable bonds is 2. The smallest absolute Gasteiger partial charge is 0.0299 e. The Hall–Kier alpha value is -0.560. The Bertz CT molecular complexity index is 256. The molecule has 1 aromatic heterocycles. The summed E-state index contributed by atoms with van der Waals surface area (Å²) < 4.78 is 0. The molecule has 0 fully saturated rings. The lowest BCUT2D eigenvalue weighted by Crippen LogP contribution is -1.67. The lowest BCUT2D eigenvalue weighted by atomic mass is 10.2. The van der Waals surface area contributed by atoms with E-state index in [-0.39, 0.29) is 0 Å². The van der Waals surface area contributed by atoms with E-state index in [1.54, 1.807) is 0 Å². The van der Waals surface area contributed by atoms with E-state index in [4.69, 9.17) is 0 Å². The van der Waals surface area contributed by atoms with E-state index in [1.165, 1.54) is 15.3 Å². The average Bonchev–Trinajstić information content (AvgIpc) is 2.50. The van der Waals surface area contributed by atoms with Crippen molar-refractivity contribution < 1.29 is 0 Å². The van der Waals surface area contributed by atoms with Crippen LogP contribution in [0.25, 0.3) is 5.57 Å². The van der Waals surface area contributed by atoms with Gasteiger partial charge in [0, 0.05) is 9.75 Å². The van der Waals surface area contributed by atoms with Gasteiger partial charge < -0.3 is 0 Å². The van der Waals surface area contributed by atoms with Crippen LogP contribution in [0.4, 0.5) is 0 Å². The summed E-state index contributed by atoms with van der Waals surface area (Å²) in [6.07, 6.45) is 3.31. The van der Waals surface area contributed by atoms with Crippen LogP contribution in [0.1, 0.15) is 30.5 Å². The van der Waals surface area contributed by atoms with E-state index in [0.717, 1.165) is 6.42 Å². The minimum Gasteiger partial charge on any atom is -0.141 e. The van der Waals surface area contributed by atoms with E-state index < -0.39 is 0 Å². The van der Waals surface area contributed by atoms with E-state index >= 15 is 0 Å². The average molecular weight is 166 g/mol. The molecule has 0 spiro atoms. The maximum Gasteiger partial charge on any atom is 0.0299 e. The molecule has 0 aliphatic rings. The van der Waals surface area contributed by atoms with E-state index in [1.807, 2.05) is 11.3 Å². The maximum absolute atomic E-state index is 2.22. The molecule has 0 saturated carbocycles. The Balaban J connectivity index is 2.89. The van der Waals surface area contributed by atoms with Gasteiger partial charge in [-0.15, -0.1) is 11.3 Å². The highest BCUT2D eigenvalue weighted by atomic mass is 32.1. The molecule has 0 N–H and O–H groups in total. The third-order valence-corrected chi connectivity index (χ3v) is 3.20. The number of aryl methyl sites for hydroxylation is 1. The van der Waals surface area contributed by atoms with Crippen molar-refractivity contribution >= 4 is 16.9 Å². The van der Waals surface area contributed by atoms with Crippen molar-refractivity contribution in [2.75, 3.05) is 0 Å². The van der Waals surface area contributed by atoms with E-state index in [9.17, 15) is 0 Å². The van der Waals surface area contributed by atoms with Crippen LogP contribution < -0.4 is 0 Å². The molecule has 1 aromatic rings. The highest BCUT2D eigenvalue weighted by Gasteiger charge is 1.98. The molecule has 0 aliphatic carbocycles. The molecular formula is C10H14S. The van der Waals surface area contributed by atoms with Crippen LogP contribution in [0.5, 0.6) is 0 Å². The zero-order valence-electron chi connectivity index (χ0n) is 7.35. The molecule has 0 unspecified atom stereocenters. The first-order chi connectivity index (χ1) is 5.27. The van der Waals surface area contributed by atoms with Crippen LogP contribution in [-0.2, 0) is 6.42 Å². The summed E-state index contributed by atoms with van der Waals surface area (Å²) in [7, 11) is 0. The molecule has 0 atom stereocenters. The molecular weight excluding hydrogens is 152 g/mol. The molecule has 0 aliphatic heterocycles. The summed E-state index contributed by atoms with van der Waals surface area (Å²) in [4.78, 5) is 2.88. The molecule has 0 radical (unpaired) electrons. The fourth-order valence-corrected chi connectivity index (χ4v) is 1.90. The Kier molecular flexibility index (Phi) is 2.89. The molecule has 60 valence electrons. The van der Waals surface area contributed by atoms with Gasteiger partial charge in [0.15, 0.2) is 0 Å². The first-order valence-corrected chi connectivity index (χ1v) is 4.81. The fraction of sp³-hybridized carbons (Fsp3) is 0.400. The Morgan fingerprint density at radius 1 is 1.55 bits per heavy atom. The first-order valence-electron chi connectivity index (χ1n) is 4.00. The standard InChI is InChI=1S/C10H14S/c1-4-8(3)10-7-6-9(5-2)11-10/h4,6-7H,5H2,1-3H3/b8-4+. The van der Waals surface area contributed by atoms with Gasteiger partial charge in [-0.2, -0.15) is 0 Å². The second-order valence-electron chi connectivity index (χ2n) is 2.59. The lowest BCUT2D eigenvalue weighted by Gasteiger charge is -1.92. The van der Waals surface area contributed by atoms with Crippen LogP contribution >= 0.6 is 11.3 Å². The predicted octanol–water partition coefficient (Wildman–Crippen LogP) is 3.73. The number of thiophene rings is 1. The maximum atomic E-state index is 2.22. The number of allylic oxidation sites excluding steroid dienone is 2. The van der Waals surface area contributed by atoms with Crippen LogP contribution in [-0.4, -0.2) is 0 Å². The van der Waals surface area contributed by atoms with Crippen molar-refractivity contribution in [2.24, 2.45) is 0 Å². The van der Waals surface area contributed by atoms with Gasteiger partial charge in [-0.3, -0.25) is 0 Å². The van der Waals surface area contributed by atoms with Gasteiger partial charge in [-0.05, 0) is 38.0 Å². The molecule has 0 aromatic carbocycles. The summed E-state index contributed by atoms with van der Waals surface area (Å²) in [5, 5.41) is 0.